The van der Waals surface area contributed by atoms with Gasteiger partial charge in [-0.3, -0.25) is 0 Å². The summed E-state index contributed by atoms with van der Waals surface area (Å²) in [6.45, 7) is -1.10. The summed E-state index contributed by atoms with van der Waals surface area (Å²) in [4.78, 5) is 0. The summed E-state index contributed by atoms with van der Waals surface area (Å²) < 4.78 is 21.9. The number of rotatable bonds is 9. The van der Waals surface area contributed by atoms with Crippen molar-refractivity contribution in [1.29, 1.82) is 0 Å². The molecular formula is C23H30O11. The molecule has 1 heterocycles. The molecule has 34 heavy (non-hydrogen) atoms. The van der Waals surface area contributed by atoms with Gasteiger partial charge >= 0.3 is 0 Å². The van der Waals surface area contributed by atoms with Crippen LogP contribution >= 0.6 is 0 Å². The summed E-state index contributed by atoms with van der Waals surface area (Å²) in [6, 6.07) is 8.82. The van der Waals surface area contributed by atoms with E-state index in [1.807, 2.05) is 0 Å². The normalized spacial score (nSPS) is 26.6. The summed E-state index contributed by atoms with van der Waals surface area (Å²) in [5.74, 6) is -0.771. The molecule has 1 aliphatic rings. The Morgan fingerprint density at radius 3 is 1.91 bits per heavy atom. The van der Waals surface area contributed by atoms with E-state index in [9.17, 15) is 35.7 Å². The molecule has 3 rings (SSSR count). The Labute approximate surface area is 196 Å². The highest BCUT2D eigenvalue weighted by atomic mass is 16.7. The Balaban J connectivity index is 2.05. The maximum absolute atomic E-state index is 10.5. The van der Waals surface area contributed by atoms with E-state index in [0.29, 0.717) is 11.1 Å². The van der Waals surface area contributed by atoms with Crippen LogP contribution in [-0.4, -0.2) is 93.9 Å². The highest BCUT2D eigenvalue weighted by Gasteiger charge is 2.45. The molecule has 7 atom stereocenters. The fourth-order valence-electron chi connectivity index (χ4n) is 3.90. The monoisotopic (exact) mass is 482 g/mol. The molecule has 0 aliphatic carbocycles. The van der Waals surface area contributed by atoms with Crippen molar-refractivity contribution in [3.8, 4) is 23.0 Å². The number of benzene rings is 2. The molecule has 11 heteroatoms. The quantitative estimate of drug-likeness (QED) is 0.251. The van der Waals surface area contributed by atoms with Crippen LogP contribution in [0.15, 0.2) is 36.4 Å². The predicted octanol–water partition coefficient (Wildman–Crippen LogP) is -0.251. The van der Waals surface area contributed by atoms with Gasteiger partial charge in [0.2, 0.25) is 0 Å². The number of aliphatic hydroxyl groups excluding tert-OH is 5. The fourth-order valence-corrected chi connectivity index (χ4v) is 3.90. The number of phenols is 2. The van der Waals surface area contributed by atoms with Crippen LogP contribution in [0, 0.1) is 0 Å². The third-order valence-corrected chi connectivity index (χ3v) is 5.86. The van der Waals surface area contributed by atoms with Gasteiger partial charge in [-0.15, -0.1) is 0 Å². The molecule has 1 aliphatic heterocycles. The van der Waals surface area contributed by atoms with Crippen LogP contribution in [0.2, 0.25) is 0 Å². The molecular weight excluding hydrogens is 452 g/mol. The van der Waals surface area contributed by atoms with E-state index in [1.165, 1.54) is 44.6 Å². The number of aliphatic hydroxyl groups is 5. The topological polar surface area (TPSA) is 179 Å². The predicted molar refractivity (Wildman–Crippen MR) is 117 cm³/mol. The summed E-state index contributed by atoms with van der Waals surface area (Å²) in [6.07, 6.45) is -8.63. The van der Waals surface area contributed by atoms with Gasteiger partial charge in [0.15, 0.2) is 29.3 Å². The number of methoxy groups -OCH3 is 2. The van der Waals surface area contributed by atoms with E-state index in [-0.39, 0.29) is 23.0 Å². The molecule has 0 amide bonds. The Hall–Kier alpha value is -2.64. The second kappa shape index (κ2) is 11.2. The van der Waals surface area contributed by atoms with Gasteiger partial charge in [-0.1, -0.05) is 12.1 Å². The molecule has 0 saturated carbocycles. The van der Waals surface area contributed by atoms with Gasteiger partial charge in [-0.2, -0.15) is 0 Å². The van der Waals surface area contributed by atoms with E-state index in [4.69, 9.17) is 18.9 Å². The zero-order valence-corrected chi connectivity index (χ0v) is 18.7. The molecule has 7 N–H and O–H groups in total. The van der Waals surface area contributed by atoms with E-state index >= 15 is 0 Å². The highest BCUT2D eigenvalue weighted by molar-refractivity contribution is 5.46. The zero-order valence-electron chi connectivity index (χ0n) is 18.7. The minimum absolute atomic E-state index is 0.111. The first-order chi connectivity index (χ1) is 16.2. The van der Waals surface area contributed by atoms with Crippen molar-refractivity contribution in [2.24, 2.45) is 0 Å². The maximum atomic E-state index is 10.5. The lowest BCUT2D eigenvalue weighted by Gasteiger charge is -2.42. The Morgan fingerprint density at radius 2 is 1.38 bits per heavy atom. The maximum Gasteiger partial charge on any atom is 0.187 e. The average Bonchev–Trinajstić information content (AvgIpc) is 2.85. The lowest BCUT2D eigenvalue weighted by atomic mass is 9.88. The highest BCUT2D eigenvalue weighted by Crippen LogP contribution is 2.41. The van der Waals surface area contributed by atoms with E-state index in [0.717, 1.165) is 0 Å². The number of phenolic OH excluding ortho intramolecular Hbond substituents is 2. The SMILES string of the molecule is COc1cc([C@@H](CO)[C@@H](O[C@@H]2O[C@H](CO)[C@@H](O)[C@H](O)[C@H]2O)c2ccc(O)c(OC)c2)ccc1O. The van der Waals surface area contributed by atoms with Crippen molar-refractivity contribution < 1.29 is 54.7 Å². The number of hydrogen-bond acceptors (Lipinski definition) is 11. The van der Waals surface area contributed by atoms with Gasteiger partial charge in [-0.25, -0.2) is 0 Å². The number of aromatic hydroxyl groups is 2. The summed E-state index contributed by atoms with van der Waals surface area (Å²) in [5, 5.41) is 70.5. The minimum Gasteiger partial charge on any atom is -0.504 e. The third kappa shape index (κ3) is 5.20. The zero-order chi connectivity index (χ0) is 25.0. The van der Waals surface area contributed by atoms with Crippen molar-refractivity contribution in [3.63, 3.8) is 0 Å². The van der Waals surface area contributed by atoms with Crippen LogP contribution in [-0.2, 0) is 9.47 Å². The van der Waals surface area contributed by atoms with Crippen molar-refractivity contribution in [1.82, 2.24) is 0 Å². The van der Waals surface area contributed by atoms with Crippen LogP contribution in [0.25, 0.3) is 0 Å². The summed E-state index contributed by atoms with van der Waals surface area (Å²) in [5.41, 5.74) is 0.913. The second-order valence-corrected chi connectivity index (χ2v) is 7.91. The molecule has 2 aromatic carbocycles. The van der Waals surface area contributed by atoms with Gasteiger partial charge in [0.25, 0.3) is 0 Å². The molecule has 1 fully saturated rings. The van der Waals surface area contributed by atoms with E-state index in [1.54, 1.807) is 6.07 Å². The molecule has 0 bridgehead atoms. The van der Waals surface area contributed by atoms with Crippen molar-refractivity contribution in [2.75, 3.05) is 27.4 Å². The second-order valence-electron chi connectivity index (χ2n) is 7.91. The van der Waals surface area contributed by atoms with Gasteiger partial charge in [-0.05, 0) is 35.4 Å². The smallest absolute Gasteiger partial charge is 0.187 e. The molecule has 11 nitrogen and oxygen atoms in total. The Kier molecular flexibility index (Phi) is 8.55. The molecule has 0 spiro atoms. The average molecular weight is 482 g/mol. The van der Waals surface area contributed by atoms with E-state index < -0.39 is 55.9 Å². The molecule has 188 valence electrons. The van der Waals surface area contributed by atoms with Crippen molar-refractivity contribution in [3.05, 3.63) is 47.5 Å². The van der Waals surface area contributed by atoms with Crippen LogP contribution in [0.5, 0.6) is 23.0 Å². The Bertz CT molecular complexity index is 951. The number of hydrogen-bond donors (Lipinski definition) is 7. The van der Waals surface area contributed by atoms with Gasteiger partial charge in [0.05, 0.1) is 33.5 Å². The van der Waals surface area contributed by atoms with Crippen LogP contribution in [0.1, 0.15) is 23.1 Å². The van der Waals surface area contributed by atoms with Crippen molar-refractivity contribution in [2.45, 2.75) is 42.7 Å². The summed E-state index contributed by atoms with van der Waals surface area (Å²) in [7, 11) is 2.74. The third-order valence-electron chi connectivity index (χ3n) is 5.86. The first-order valence-corrected chi connectivity index (χ1v) is 10.6. The molecule has 0 aromatic heterocycles. The lowest BCUT2D eigenvalue weighted by Crippen LogP contribution is -2.59. The minimum atomic E-state index is -1.67. The Morgan fingerprint density at radius 1 is 0.824 bits per heavy atom. The van der Waals surface area contributed by atoms with E-state index in [2.05, 4.69) is 0 Å². The molecule has 0 radical (unpaired) electrons. The largest absolute Gasteiger partial charge is 0.504 e. The summed E-state index contributed by atoms with van der Waals surface area (Å²) >= 11 is 0. The standard InChI is InChI=1S/C23H30O11/c1-31-16-7-11(3-5-14(16)26)13(9-24)22(12-4-6-15(27)17(8-12)32-2)34-23-21(30)20(29)19(28)18(10-25)33-23/h3-8,13,18-30H,9-10H2,1-2H3/t13-,18-,19-,20+,21-,22+,23+/m1/s1. The molecule has 2 aromatic rings. The van der Waals surface area contributed by atoms with Gasteiger partial charge in [0, 0.05) is 5.92 Å². The van der Waals surface area contributed by atoms with Crippen LogP contribution in [0.4, 0.5) is 0 Å². The molecule has 0 unspecified atom stereocenters. The molecule has 1 saturated heterocycles. The fraction of sp³-hybridized carbons (Fsp3) is 0.478. The van der Waals surface area contributed by atoms with Crippen molar-refractivity contribution >= 4 is 0 Å². The number of ether oxygens (including phenoxy) is 4. The van der Waals surface area contributed by atoms with Gasteiger partial charge in [0.1, 0.15) is 24.4 Å². The lowest BCUT2D eigenvalue weighted by molar-refractivity contribution is -0.314. The first-order valence-electron chi connectivity index (χ1n) is 10.6. The first kappa shape index (κ1) is 26.0. The van der Waals surface area contributed by atoms with Gasteiger partial charge < -0.3 is 54.7 Å². The van der Waals surface area contributed by atoms with Crippen LogP contribution < -0.4 is 9.47 Å². The van der Waals surface area contributed by atoms with Crippen LogP contribution in [0.3, 0.4) is 0 Å².